The van der Waals surface area contributed by atoms with Gasteiger partial charge in [0.15, 0.2) is 5.69 Å². The molecule has 10 heteroatoms. The number of nitrogens with zero attached hydrogens (tertiary/aromatic N) is 3. The van der Waals surface area contributed by atoms with Crippen LogP contribution in [0.5, 0.6) is 0 Å². The van der Waals surface area contributed by atoms with Crippen LogP contribution in [-0.2, 0) is 12.6 Å². The van der Waals surface area contributed by atoms with E-state index in [4.69, 9.17) is 0 Å². The zero-order valence-corrected chi connectivity index (χ0v) is 12.7. The molecular weight excluding hydrogens is 344 g/mol. The molecule has 2 aliphatic rings. The van der Waals surface area contributed by atoms with Gasteiger partial charge < -0.3 is 9.42 Å². The molecule has 2 bridgehead atoms. The molecule has 132 valence electrons. The Hall–Kier alpha value is -2.65. The lowest BCUT2D eigenvalue weighted by molar-refractivity contribution is -0.142. The summed E-state index contributed by atoms with van der Waals surface area (Å²) >= 11 is 0. The first-order valence-corrected chi connectivity index (χ1v) is 7.61. The molecule has 0 saturated carbocycles. The van der Waals surface area contributed by atoms with E-state index in [1.54, 1.807) is 6.07 Å². The molecule has 4 rings (SSSR count). The van der Waals surface area contributed by atoms with Crippen LogP contribution in [0.25, 0.3) is 0 Å². The van der Waals surface area contributed by atoms with Gasteiger partial charge in [0.25, 0.3) is 0 Å². The van der Waals surface area contributed by atoms with Gasteiger partial charge in [0.05, 0.1) is 6.04 Å². The average Bonchev–Trinajstić information content (AvgIpc) is 3.12. The van der Waals surface area contributed by atoms with Crippen LogP contribution in [0.4, 0.5) is 28.2 Å². The first kappa shape index (κ1) is 15.9. The average molecular weight is 356 g/mol. The zero-order valence-electron chi connectivity index (χ0n) is 12.7. The van der Waals surface area contributed by atoms with Gasteiger partial charge in [0.2, 0.25) is 11.8 Å². The Labute approximate surface area is 138 Å². The minimum atomic E-state index is -4.65. The summed E-state index contributed by atoms with van der Waals surface area (Å²) in [6.45, 7) is 0. The van der Waals surface area contributed by atoms with Gasteiger partial charge in [-0.2, -0.15) is 17.6 Å². The fraction of sp³-hybridized carbons (Fsp3) is 0.400. The van der Waals surface area contributed by atoms with Crippen molar-refractivity contribution in [1.29, 1.82) is 0 Å². The molecule has 0 radical (unpaired) electrons. The third-order valence-electron chi connectivity index (χ3n) is 4.61. The van der Waals surface area contributed by atoms with Crippen LogP contribution in [0.3, 0.4) is 0 Å². The third kappa shape index (κ3) is 2.61. The molecule has 0 aromatic carbocycles. The first-order chi connectivity index (χ1) is 11.8. The van der Waals surface area contributed by atoms with E-state index in [-0.39, 0.29) is 18.0 Å². The second kappa shape index (κ2) is 5.43. The number of pyridine rings is 1. The Balaban J connectivity index is 1.56. The van der Waals surface area contributed by atoms with Crippen LogP contribution in [0.15, 0.2) is 22.9 Å². The normalized spacial score (nSPS) is 22.0. The molecule has 2 aliphatic heterocycles. The summed E-state index contributed by atoms with van der Waals surface area (Å²) in [5.74, 6) is -0.928. The Morgan fingerprint density at radius 2 is 2.16 bits per heavy atom. The summed E-state index contributed by atoms with van der Waals surface area (Å²) in [6.07, 6.45) is -1.66. The number of fused-ring (bicyclic) bond motifs is 4. The van der Waals surface area contributed by atoms with Crippen molar-refractivity contribution in [2.24, 2.45) is 0 Å². The van der Waals surface area contributed by atoms with E-state index in [0.29, 0.717) is 36.5 Å². The standard InChI is InChI=1S/C15H12F4N4O2/c16-13-9-5-7-1-2-10(8(9)3-4-20-13)23(7)14(24)21-12-6-11(22-25-12)15(17,18)19/h3-4,6-7,10H,1-2,5H2,(H,21,24)/t7-,10+/m0/s1. The molecule has 6 nitrogen and oxygen atoms in total. The molecule has 2 amide bonds. The maximum Gasteiger partial charge on any atom is 0.436 e. The third-order valence-corrected chi connectivity index (χ3v) is 4.61. The van der Waals surface area contributed by atoms with Gasteiger partial charge in [-0.25, -0.2) is 9.78 Å². The Morgan fingerprint density at radius 3 is 2.88 bits per heavy atom. The summed E-state index contributed by atoms with van der Waals surface area (Å²) in [4.78, 5) is 17.7. The van der Waals surface area contributed by atoms with Crippen molar-refractivity contribution in [2.75, 3.05) is 5.32 Å². The van der Waals surface area contributed by atoms with Crippen molar-refractivity contribution in [2.45, 2.75) is 37.5 Å². The highest BCUT2D eigenvalue weighted by atomic mass is 19.4. The molecule has 0 spiro atoms. The van der Waals surface area contributed by atoms with Gasteiger partial charge in [-0.05, 0) is 30.9 Å². The van der Waals surface area contributed by atoms with E-state index in [0.717, 1.165) is 0 Å². The minimum absolute atomic E-state index is 0.235. The first-order valence-electron chi connectivity index (χ1n) is 7.61. The largest absolute Gasteiger partial charge is 0.436 e. The number of halogens is 4. The van der Waals surface area contributed by atoms with E-state index in [2.05, 4.69) is 20.0 Å². The highest BCUT2D eigenvalue weighted by molar-refractivity contribution is 5.89. The summed E-state index contributed by atoms with van der Waals surface area (Å²) in [6, 6.07) is 1.13. The highest BCUT2D eigenvalue weighted by Crippen LogP contribution is 2.44. The van der Waals surface area contributed by atoms with E-state index in [1.165, 1.54) is 11.1 Å². The monoisotopic (exact) mass is 356 g/mol. The molecule has 1 N–H and O–H groups in total. The molecule has 1 fully saturated rings. The summed E-state index contributed by atoms with van der Waals surface area (Å²) in [7, 11) is 0. The molecule has 1 saturated heterocycles. The van der Waals surface area contributed by atoms with Gasteiger partial charge in [-0.1, -0.05) is 5.16 Å². The number of nitrogens with one attached hydrogen (secondary N) is 1. The van der Waals surface area contributed by atoms with Crippen LogP contribution in [0, 0.1) is 5.95 Å². The molecular formula is C15H12F4N4O2. The highest BCUT2D eigenvalue weighted by Gasteiger charge is 2.44. The number of amides is 2. The number of hydrogen-bond acceptors (Lipinski definition) is 4. The SMILES string of the molecule is O=C(Nc1cc(C(F)(F)F)no1)N1[C@H]2CC[C@@H]1c1ccnc(F)c1C2. The molecule has 0 unspecified atom stereocenters. The van der Waals surface area contributed by atoms with Gasteiger partial charge in [0, 0.05) is 23.9 Å². The van der Waals surface area contributed by atoms with Crippen LogP contribution in [0.2, 0.25) is 0 Å². The Morgan fingerprint density at radius 1 is 1.36 bits per heavy atom. The van der Waals surface area contributed by atoms with Crippen LogP contribution < -0.4 is 5.32 Å². The number of carbonyl (C=O) groups excluding carboxylic acids is 1. The van der Waals surface area contributed by atoms with Gasteiger partial charge in [0.1, 0.15) is 0 Å². The Kier molecular flexibility index (Phi) is 3.44. The van der Waals surface area contributed by atoms with Gasteiger partial charge in [-0.15, -0.1) is 0 Å². The van der Waals surface area contributed by atoms with E-state index in [1.807, 2.05) is 0 Å². The van der Waals surface area contributed by atoms with Crippen LogP contribution >= 0.6 is 0 Å². The lowest BCUT2D eigenvalue weighted by atomic mass is 9.95. The second-order valence-electron chi connectivity index (χ2n) is 6.03. The number of alkyl halides is 3. The zero-order chi connectivity index (χ0) is 17.8. The van der Waals surface area contributed by atoms with Crippen molar-refractivity contribution in [3.05, 3.63) is 41.1 Å². The van der Waals surface area contributed by atoms with Crippen molar-refractivity contribution >= 4 is 11.9 Å². The second-order valence-corrected chi connectivity index (χ2v) is 6.03. The molecule has 2 aromatic heterocycles. The quantitative estimate of drug-likeness (QED) is 0.627. The topological polar surface area (TPSA) is 71.3 Å². The maximum absolute atomic E-state index is 13.9. The van der Waals surface area contributed by atoms with Gasteiger partial charge in [-0.3, -0.25) is 5.32 Å². The van der Waals surface area contributed by atoms with Crippen molar-refractivity contribution in [3.8, 4) is 0 Å². The predicted molar refractivity (Wildman–Crippen MR) is 76.0 cm³/mol. The van der Waals surface area contributed by atoms with E-state index in [9.17, 15) is 22.4 Å². The van der Waals surface area contributed by atoms with Crippen molar-refractivity contribution in [3.63, 3.8) is 0 Å². The lowest BCUT2D eigenvalue weighted by Gasteiger charge is -2.35. The van der Waals surface area contributed by atoms with Crippen LogP contribution in [0.1, 0.15) is 35.7 Å². The predicted octanol–water partition coefficient (Wildman–Crippen LogP) is 3.52. The molecule has 4 heterocycles. The number of carbonyl (C=O) groups is 1. The number of hydrogen-bond donors (Lipinski definition) is 1. The maximum atomic E-state index is 13.9. The molecule has 2 aromatic rings. The fourth-order valence-corrected chi connectivity index (χ4v) is 3.56. The molecule has 25 heavy (non-hydrogen) atoms. The lowest BCUT2D eigenvalue weighted by Crippen LogP contribution is -2.44. The van der Waals surface area contributed by atoms with Gasteiger partial charge >= 0.3 is 12.2 Å². The summed E-state index contributed by atoms with van der Waals surface area (Å²) in [5.41, 5.74) is -0.0362. The van der Waals surface area contributed by atoms with Crippen molar-refractivity contribution < 1.29 is 26.9 Å². The minimum Gasteiger partial charge on any atom is -0.338 e. The smallest absolute Gasteiger partial charge is 0.338 e. The summed E-state index contributed by atoms with van der Waals surface area (Å²) in [5, 5.41) is 5.19. The molecule has 0 aliphatic carbocycles. The molecule has 2 atom stereocenters. The fourth-order valence-electron chi connectivity index (χ4n) is 3.56. The number of urea groups is 1. The number of anilines is 1. The summed E-state index contributed by atoms with van der Waals surface area (Å²) < 4.78 is 56.0. The number of aromatic nitrogens is 2. The van der Waals surface area contributed by atoms with Crippen molar-refractivity contribution in [1.82, 2.24) is 15.0 Å². The van der Waals surface area contributed by atoms with E-state index < -0.39 is 23.8 Å². The Bertz CT molecular complexity index is 835. The number of rotatable bonds is 1. The van der Waals surface area contributed by atoms with E-state index >= 15 is 0 Å². The van der Waals surface area contributed by atoms with Crippen LogP contribution in [-0.4, -0.2) is 27.1 Å².